The van der Waals surface area contributed by atoms with Crippen molar-refractivity contribution in [2.24, 2.45) is 0 Å². The summed E-state index contributed by atoms with van der Waals surface area (Å²) in [7, 11) is 1.71. The van der Waals surface area contributed by atoms with Crippen LogP contribution in [0.4, 0.5) is 0 Å². The van der Waals surface area contributed by atoms with Crippen molar-refractivity contribution in [3.05, 3.63) is 0 Å². The summed E-state index contributed by atoms with van der Waals surface area (Å²) >= 11 is 0. The molecule has 0 aromatic heterocycles. The van der Waals surface area contributed by atoms with E-state index >= 15 is 0 Å². The van der Waals surface area contributed by atoms with Crippen LogP contribution in [-0.2, 0) is 9.47 Å². The van der Waals surface area contributed by atoms with E-state index in [1.165, 1.54) is 25.9 Å². The molecular formula is C14H30N2O2. The first-order valence-corrected chi connectivity index (χ1v) is 7.30. The standard InChI is InChI=1S/C14H30N2O2/c1-4-14(5-2)13-16(9-7-15-14)8-6-10-18-12-11-17-3/h15H,4-13H2,1-3H3. The van der Waals surface area contributed by atoms with E-state index in [0.29, 0.717) is 18.8 Å². The third-order valence-corrected chi connectivity index (χ3v) is 4.00. The Balaban J connectivity index is 2.14. The van der Waals surface area contributed by atoms with Crippen molar-refractivity contribution in [1.29, 1.82) is 0 Å². The van der Waals surface area contributed by atoms with Crippen LogP contribution in [0.5, 0.6) is 0 Å². The highest BCUT2D eigenvalue weighted by Crippen LogP contribution is 2.19. The fraction of sp³-hybridized carbons (Fsp3) is 1.00. The lowest BCUT2D eigenvalue weighted by molar-refractivity contribution is 0.0592. The number of piperazine rings is 1. The number of rotatable bonds is 9. The van der Waals surface area contributed by atoms with Gasteiger partial charge in [-0.2, -0.15) is 0 Å². The van der Waals surface area contributed by atoms with E-state index in [1.807, 2.05) is 0 Å². The molecule has 1 heterocycles. The van der Waals surface area contributed by atoms with E-state index in [0.717, 1.165) is 26.1 Å². The Morgan fingerprint density at radius 3 is 2.61 bits per heavy atom. The minimum atomic E-state index is 0.342. The Morgan fingerprint density at radius 1 is 1.17 bits per heavy atom. The van der Waals surface area contributed by atoms with E-state index in [4.69, 9.17) is 9.47 Å². The van der Waals surface area contributed by atoms with Gasteiger partial charge >= 0.3 is 0 Å². The zero-order chi connectivity index (χ0) is 13.3. The molecule has 1 aliphatic rings. The lowest BCUT2D eigenvalue weighted by atomic mass is 9.90. The monoisotopic (exact) mass is 258 g/mol. The first-order valence-electron chi connectivity index (χ1n) is 7.30. The lowest BCUT2D eigenvalue weighted by Crippen LogP contribution is -2.59. The summed E-state index contributed by atoms with van der Waals surface area (Å²) in [5.74, 6) is 0. The molecule has 0 bridgehead atoms. The number of hydrogen-bond donors (Lipinski definition) is 1. The molecule has 1 saturated heterocycles. The average Bonchev–Trinajstić information content (AvgIpc) is 2.43. The molecule has 0 aromatic carbocycles. The van der Waals surface area contributed by atoms with Crippen molar-refractivity contribution >= 4 is 0 Å². The molecule has 0 saturated carbocycles. The molecule has 1 fully saturated rings. The van der Waals surface area contributed by atoms with Gasteiger partial charge in [-0.25, -0.2) is 0 Å². The van der Waals surface area contributed by atoms with Crippen LogP contribution in [0.15, 0.2) is 0 Å². The molecule has 1 N–H and O–H groups in total. The molecule has 1 rings (SSSR count). The first-order chi connectivity index (χ1) is 8.76. The Morgan fingerprint density at radius 2 is 1.94 bits per heavy atom. The van der Waals surface area contributed by atoms with Crippen LogP contribution in [0.25, 0.3) is 0 Å². The van der Waals surface area contributed by atoms with Crippen molar-refractivity contribution in [2.75, 3.05) is 53.1 Å². The number of methoxy groups -OCH3 is 1. The molecule has 0 radical (unpaired) electrons. The minimum absolute atomic E-state index is 0.342. The SMILES string of the molecule is CCC1(CC)CN(CCCOCCOC)CCN1. The molecule has 0 aromatic rings. The maximum absolute atomic E-state index is 5.50. The zero-order valence-electron chi connectivity index (χ0n) is 12.3. The number of hydrogen-bond acceptors (Lipinski definition) is 4. The Hall–Kier alpha value is -0.160. The van der Waals surface area contributed by atoms with E-state index in [9.17, 15) is 0 Å². The van der Waals surface area contributed by atoms with Crippen LogP contribution in [0.3, 0.4) is 0 Å². The van der Waals surface area contributed by atoms with Crippen molar-refractivity contribution in [3.8, 4) is 0 Å². The summed E-state index contributed by atoms with van der Waals surface area (Å²) in [6.45, 7) is 11.4. The highest BCUT2D eigenvalue weighted by atomic mass is 16.5. The van der Waals surface area contributed by atoms with E-state index in [-0.39, 0.29) is 0 Å². The molecule has 1 aliphatic heterocycles. The normalized spacial score (nSPS) is 20.2. The molecule has 4 heteroatoms. The van der Waals surface area contributed by atoms with Crippen LogP contribution >= 0.6 is 0 Å². The van der Waals surface area contributed by atoms with Gasteiger partial charge in [0.15, 0.2) is 0 Å². The third kappa shape index (κ3) is 5.22. The zero-order valence-corrected chi connectivity index (χ0v) is 12.3. The molecular weight excluding hydrogens is 228 g/mol. The van der Waals surface area contributed by atoms with Crippen molar-refractivity contribution in [2.45, 2.75) is 38.6 Å². The van der Waals surface area contributed by atoms with Gasteiger partial charge in [-0.05, 0) is 19.3 Å². The molecule has 0 atom stereocenters. The van der Waals surface area contributed by atoms with Gasteiger partial charge in [-0.15, -0.1) is 0 Å². The minimum Gasteiger partial charge on any atom is -0.382 e. The molecule has 0 amide bonds. The van der Waals surface area contributed by atoms with E-state index in [2.05, 4.69) is 24.1 Å². The van der Waals surface area contributed by atoms with Gasteiger partial charge in [-0.1, -0.05) is 13.8 Å². The largest absolute Gasteiger partial charge is 0.382 e. The summed E-state index contributed by atoms with van der Waals surface area (Å²) in [6, 6.07) is 0. The van der Waals surface area contributed by atoms with Crippen LogP contribution in [0.1, 0.15) is 33.1 Å². The van der Waals surface area contributed by atoms with Crippen LogP contribution < -0.4 is 5.32 Å². The Labute approximate surface area is 112 Å². The van der Waals surface area contributed by atoms with Crippen molar-refractivity contribution < 1.29 is 9.47 Å². The number of nitrogens with zero attached hydrogens (tertiary/aromatic N) is 1. The van der Waals surface area contributed by atoms with Gasteiger partial charge in [0, 0.05) is 45.4 Å². The molecule has 18 heavy (non-hydrogen) atoms. The summed E-state index contributed by atoms with van der Waals surface area (Å²) in [5.41, 5.74) is 0.342. The van der Waals surface area contributed by atoms with E-state index < -0.39 is 0 Å². The van der Waals surface area contributed by atoms with Crippen LogP contribution in [0, 0.1) is 0 Å². The molecule has 0 unspecified atom stereocenters. The van der Waals surface area contributed by atoms with E-state index in [1.54, 1.807) is 7.11 Å². The maximum atomic E-state index is 5.50. The smallest absolute Gasteiger partial charge is 0.0700 e. The summed E-state index contributed by atoms with van der Waals surface area (Å²) in [6.07, 6.45) is 3.54. The molecule has 4 nitrogen and oxygen atoms in total. The van der Waals surface area contributed by atoms with Gasteiger partial charge in [0.2, 0.25) is 0 Å². The number of ether oxygens (including phenoxy) is 2. The van der Waals surface area contributed by atoms with Gasteiger partial charge in [0.1, 0.15) is 0 Å². The summed E-state index contributed by atoms with van der Waals surface area (Å²) in [5, 5.41) is 3.69. The molecule has 108 valence electrons. The predicted molar refractivity (Wildman–Crippen MR) is 75.1 cm³/mol. The second-order valence-electron chi connectivity index (χ2n) is 5.15. The lowest BCUT2D eigenvalue weighted by Gasteiger charge is -2.43. The fourth-order valence-corrected chi connectivity index (χ4v) is 2.59. The fourth-order valence-electron chi connectivity index (χ4n) is 2.59. The highest BCUT2D eigenvalue weighted by Gasteiger charge is 2.31. The van der Waals surface area contributed by atoms with Gasteiger partial charge in [0.05, 0.1) is 13.2 Å². The third-order valence-electron chi connectivity index (χ3n) is 4.00. The Bertz CT molecular complexity index is 208. The van der Waals surface area contributed by atoms with Gasteiger partial charge in [-0.3, -0.25) is 0 Å². The number of nitrogens with one attached hydrogen (secondary N) is 1. The van der Waals surface area contributed by atoms with Crippen molar-refractivity contribution in [1.82, 2.24) is 10.2 Å². The first kappa shape index (κ1) is 15.9. The maximum Gasteiger partial charge on any atom is 0.0700 e. The average molecular weight is 258 g/mol. The Kier molecular flexibility index (Phi) is 7.82. The quantitative estimate of drug-likeness (QED) is 0.636. The van der Waals surface area contributed by atoms with Gasteiger partial charge < -0.3 is 19.7 Å². The topological polar surface area (TPSA) is 33.7 Å². The molecule has 0 aliphatic carbocycles. The van der Waals surface area contributed by atoms with Crippen LogP contribution in [0.2, 0.25) is 0 Å². The second-order valence-corrected chi connectivity index (χ2v) is 5.15. The predicted octanol–water partition coefficient (Wildman–Crippen LogP) is 1.50. The van der Waals surface area contributed by atoms with Crippen LogP contribution in [-0.4, -0.2) is 63.5 Å². The molecule has 0 spiro atoms. The second kappa shape index (κ2) is 8.86. The van der Waals surface area contributed by atoms with Crippen molar-refractivity contribution in [3.63, 3.8) is 0 Å². The summed E-state index contributed by atoms with van der Waals surface area (Å²) in [4.78, 5) is 2.57. The highest BCUT2D eigenvalue weighted by molar-refractivity contribution is 4.92. The summed E-state index contributed by atoms with van der Waals surface area (Å²) < 4.78 is 10.5. The van der Waals surface area contributed by atoms with Gasteiger partial charge in [0.25, 0.3) is 0 Å².